The molecule has 2 saturated heterocycles. The molecule has 0 spiro atoms. The van der Waals surface area contributed by atoms with E-state index in [1.54, 1.807) is 0 Å². The van der Waals surface area contributed by atoms with Crippen LogP contribution in [0.4, 0.5) is 14.6 Å². The zero-order valence-electron chi connectivity index (χ0n) is 10.8. The molecule has 7 heteroatoms. The van der Waals surface area contributed by atoms with Gasteiger partial charge in [0.15, 0.2) is 0 Å². The van der Waals surface area contributed by atoms with E-state index >= 15 is 0 Å². The number of nitrogens with one attached hydrogen (secondary N) is 1. The van der Waals surface area contributed by atoms with E-state index in [4.69, 9.17) is 9.84 Å². The first-order valence-electron chi connectivity index (χ1n) is 6.66. The lowest BCUT2D eigenvalue weighted by atomic mass is 10.0. The second kappa shape index (κ2) is 5.32. The number of carboxylic acid groups (broad SMARTS) is 1. The smallest absolute Gasteiger partial charge is 0.412 e. The van der Waals surface area contributed by atoms with E-state index in [2.05, 4.69) is 5.32 Å². The molecule has 108 valence electrons. The number of hydrogen-bond acceptors (Lipinski definition) is 4. The molecule has 1 aromatic rings. The third-order valence-corrected chi connectivity index (χ3v) is 4.72. The van der Waals surface area contributed by atoms with Crippen LogP contribution in [0.3, 0.4) is 0 Å². The van der Waals surface area contributed by atoms with Gasteiger partial charge in [-0.15, -0.1) is 11.3 Å². The molecule has 2 bridgehead atoms. The van der Waals surface area contributed by atoms with Gasteiger partial charge in [0, 0.05) is 24.9 Å². The van der Waals surface area contributed by atoms with Gasteiger partial charge >= 0.3 is 12.2 Å². The SMILES string of the molecule is O=C(Nc1cccs1)OC1CC2CCC(C1)N2C(=O)O. The first-order valence-corrected chi connectivity index (χ1v) is 7.54. The minimum atomic E-state index is -0.862. The molecular formula is C13H16N2O4S. The fourth-order valence-corrected chi connectivity index (χ4v) is 3.77. The predicted octanol–water partition coefficient (Wildman–Crippen LogP) is 2.97. The van der Waals surface area contributed by atoms with Gasteiger partial charge in [-0.3, -0.25) is 5.32 Å². The van der Waals surface area contributed by atoms with Crippen LogP contribution in [0.5, 0.6) is 0 Å². The maximum Gasteiger partial charge on any atom is 0.412 e. The number of ether oxygens (including phenoxy) is 1. The summed E-state index contributed by atoms with van der Waals surface area (Å²) < 4.78 is 5.41. The Morgan fingerprint density at radius 1 is 1.35 bits per heavy atom. The number of piperidine rings is 1. The lowest BCUT2D eigenvalue weighted by molar-refractivity contribution is 0.0274. The quantitative estimate of drug-likeness (QED) is 0.879. The van der Waals surface area contributed by atoms with E-state index in [1.807, 2.05) is 17.5 Å². The first-order chi connectivity index (χ1) is 9.63. The fourth-order valence-electron chi connectivity index (χ4n) is 3.17. The number of carbonyl (C=O) groups excluding carboxylic acids is 1. The number of thiophene rings is 1. The highest BCUT2D eigenvalue weighted by Crippen LogP contribution is 2.37. The molecule has 0 saturated carbocycles. The van der Waals surface area contributed by atoms with E-state index in [0.29, 0.717) is 12.8 Å². The van der Waals surface area contributed by atoms with E-state index in [0.717, 1.165) is 17.8 Å². The summed E-state index contributed by atoms with van der Waals surface area (Å²) in [5.41, 5.74) is 0. The molecule has 6 nitrogen and oxygen atoms in total. The Morgan fingerprint density at radius 2 is 2.05 bits per heavy atom. The second-order valence-corrected chi connectivity index (χ2v) is 6.12. The van der Waals surface area contributed by atoms with Gasteiger partial charge in [0.1, 0.15) is 6.10 Å². The topological polar surface area (TPSA) is 78.9 Å². The Balaban J connectivity index is 1.55. The number of nitrogens with zero attached hydrogens (tertiary/aromatic N) is 1. The Bertz CT molecular complexity index is 490. The monoisotopic (exact) mass is 296 g/mol. The Hall–Kier alpha value is -1.76. The standard InChI is InChI=1S/C13H16N2O4S/c16-12(14-11-2-1-5-20-11)19-10-6-8-3-4-9(7-10)15(8)13(17)18/h1-2,5,8-10H,3-4,6-7H2,(H,14,16)(H,17,18). The van der Waals surface area contributed by atoms with Crippen molar-refractivity contribution in [2.75, 3.05) is 5.32 Å². The van der Waals surface area contributed by atoms with Crippen molar-refractivity contribution in [1.82, 2.24) is 4.90 Å². The molecule has 3 rings (SSSR count). The summed E-state index contributed by atoms with van der Waals surface area (Å²) in [6.45, 7) is 0. The van der Waals surface area contributed by atoms with Crippen molar-refractivity contribution in [2.24, 2.45) is 0 Å². The zero-order valence-corrected chi connectivity index (χ0v) is 11.6. The van der Waals surface area contributed by atoms with Crippen LogP contribution in [0, 0.1) is 0 Å². The average molecular weight is 296 g/mol. The highest BCUT2D eigenvalue weighted by molar-refractivity contribution is 7.14. The average Bonchev–Trinajstić information content (AvgIpc) is 2.96. The Morgan fingerprint density at radius 3 is 2.60 bits per heavy atom. The summed E-state index contributed by atoms with van der Waals surface area (Å²) in [6, 6.07) is 3.64. The zero-order chi connectivity index (χ0) is 14.1. The molecule has 2 aliphatic rings. The van der Waals surface area contributed by atoms with E-state index in [9.17, 15) is 9.59 Å². The third kappa shape index (κ3) is 2.58. The van der Waals surface area contributed by atoms with Crippen LogP contribution in [0.2, 0.25) is 0 Å². The summed E-state index contributed by atoms with van der Waals surface area (Å²) in [5.74, 6) is 0. The number of fused-ring (bicyclic) bond motifs is 2. The highest BCUT2D eigenvalue weighted by atomic mass is 32.1. The maximum absolute atomic E-state index is 11.8. The van der Waals surface area contributed by atoms with Gasteiger partial charge in [0.05, 0.1) is 5.00 Å². The molecule has 2 aliphatic heterocycles. The van der Waals surface area contributed by atoms with Crippen molar-refractivity contribution in [1.29, 1.82) is 0 Å². The van der Waals surface area contributed by atoms with E-state index in [1.165, 1.54) is 16.2 Å². The van der Waals surface area contributed by atoms with Crippen molar-refractivity contribution in [3.8, 4) is 0 Å². The van der Waals surface area contributed by atoms with Crippen LogP contribution >= 0.6 is 11.3 Å². The first kappa shape index (κ1) is 13.2. The van der Waals surface area contributed by atoms with Crippen molar-refractivity contribution >= 4 is 28.5 Å². The van der Waals surface area contributed by atoms with Crippen LogP contribution in [0.1, 0.15) is 25.7 Å². The molecule has 0 aliphatic carbocycles. The number of carbonyl (C=O) groups is 2. The fraction of sp³-hybridized carbons (Fsp3) is 0.538. The molecule has 1 aromatic heterocycles. The summed E-state index contributed by atoms with van der Waals surface area (Å²) in [7, 11) is 0. The van der Waals surface area contributed by atoms with Gasteiger partial charge in [-0.2, -0.15) is 0 Å². The van der Waals surface area contributed by atoms with E-state index in [-0.39, 0.29) is 18.2 Å². The summed E-state index contributed by atoms with van der Waals surface area (Å²) >= 11 is 1.43. The molecular weight excluding hydrogens is 280 g/mol. The second-order valence-electron chi connectivity index (χ2n) is 5.18. The molecule has 0 aromatic carbocycles. The van der Waals surface area contributed by atoms with Gasteiger partial charge in [0.2, 0.25) is 0 Å². The van der Waals surface area contributed by atoms with Gasteiger partial charge in [-0.25, -0.2) is 9.59 Å². The lowest BCUT2D eigenvalue weighted by Crippen LogP contribution is -2.48. The molecule has 0 radical (unpaired) electrons. The summed E-state index contributed by atoms with van der Waals surface area (Å²) in [5, 5.41) is 14.5. The van der Waals surface area contributed by atoms with Crippen molar-refractivity contribution in [3.63, 3.8) is 0 Å². The van der Waals surface area contributed by atoms with Crippen LogP contribution in [-0.2, 0) is 4.74 Å². The van der Waals surface area contributed by atoms with Crippen molar-refractivity contribution < 1.29 is 19.4 Å². The number of rotatable bonds is 2. The largest absolute Gasteiger partial charge is 0.465 e. The van der Waals surface area contributed by atoms with Crippen LogP contribution in [0.15, 0.2) is 17.5 Å². The molecule has 2 N–H and O–H groups in total. The lowest BCUT2D eigenvalue weighted by Gasteiger charge is -2.36. The summed E-state index contributed by atoms with van der Waals surface area (Å²) in [4.78, 5) is 24.5. The van der Waals surface area contributed by atoms with Crippen LogP contribution in [0.25, 0.3) is 0 Å². The molecule has 3 heterocycles. The highest BCUT2D eigenvalue weighted by Gasteiger charge is 2.44. The molecule has 2 amide bonds. The number of hydrogen-bond donors (Lipinski definition) is 2. The molecule has 2 unspecified atom stereocenters. The Labute approximate surface area is 120 Å². The van der Waals surface area contributed by atoms with Crippen molar-refractivity contribution in [3.05, 3.63) is 17.5 Å². The maximum atomic E-state index is 11.8. The predicted molar refractivity (Wildman–Crippen MR) is 74.1 cm³/mol. The van der Waals surface area contributed by atoms with Crippen LogP contribution < -0.4 is 5.32 Å². The van der Waals surface area contributed by atoms with Gasteiger partial charge in [0.25, 0.3) is 0 Å². The molecule has 20 heavy (non-hydrogen) atoms. The van der Waals surface area contributed by atoms with Gasteiger partial charge in [-0.05, 0) is 30.4 Å². The number of anilines is 1. The normalized spacial score (nSPS) is 28.2. The molecule has 2 atom stereocenters. The molecule has 2 fully saturated rings. The summed E-state index contributed by atoms with van der Waals surface area (Å²) in [6.07, 6.45) is 1.41. The minimum absolute atomic E-state index is 0.00853. The number of amides is 2. The third-order valence-electron chi connectivity index (χ3n) is 3.93. The van der Waals surface area contributed by atoms with Gasteiger partial charge in [-0.1, -0.05) is 0 Å². The minimum Gasteiger partial charge on any atom is -0.465 e. The van der Waals surface area contributed by atoms with Crippen LogP contribution in [-0.4, -0.2) is 40.4 Å². The van der Waals surface area contributed by atoms with E-state index < -0.39 is 12.2 Å². The van der Waals surface area contributed by atoms with Crippen molar-refractivity contribution in [2.45, 2.75) is 43.9 Å². The Kier molecular flexibility index (Phi) is 3.52. The van der Waals surface area contributed by atoms with Gasteiger partial charge < -0.3 is 14.7 Å².